The smallest absolute Gasteiger partial charge is 0.272 e. The number of hydrogen-bond acceptors (Lipinski definition) is 7. The largest absolute Gasteiger partial charge is 0.497 e. The molecule has 0 radical (unpaired) electrons. The van der Waals surface area contributed by atoms with Crippen LogP contribution in [0.5, 0.6) is 11.5 Å². The number of carbonyl (C=O) groups excluding carboxylic acids is 3. The van der Waals surface area contributed by atoms with Crippen LogP contribution in [0.1, 0.15) is 81.7 Å². The predicted molar refractivity (Wildman–Crippen MR) is 157 cm³/mol. The first kappa shape index (κ1) is 29.0. The number of nitriles is 1. The number of hydrogen-bond donors (Lipinski definition) is 0. The molecule has 0 unspecified atom stereocenters. The number of rotatable bonds is 9. The molecule has 0 atom stereocenters. The molecule has 8 heteroatoms. The third kappa shape index (κ3) is 7.03. The highest BCUT2D eigenvalue weighted by atomic mass is 16.5. The van der Waals surface area contributed by atoms with Crippen molar-refractivity contribution < 1.29 is 23.9 Å². The summed E-state index contributed by atoms with van der Waals surface area (Å²) in [4.78, 5) is 45.0. The molecule has 2 aromatic carbocycles. The van der Waals surface area contributed by atoms with Gasteiger partial charge < -0.3 is 14.4 Å². The van der Waals surface area contributed by atoms with Gasteiger partial charge in [0.05, 0.1) is 24.8 Å². The monoisotopic (exact) mass is 565 g/mol. The van der Waals surface area contributed by atoms with Gasteiger partial charge >= 0.3 is 0 Å². The van der Waals surface area contributed by atoms with E-state index in [1.54, 1.807) is 60.5 Å². The molecule has 3 aromatic rings. The molecule has 1 aliphatic carbocycles. The molecule has 1 aliphatic heterocycles. The fourth-order valence-electron chi connectivity index (χ4n) is 5.82. The summed E-state index contributed by atoms with van der Waals surface area (Å²) < 4.78 is 11.2. The Hall–Kier alpha value is -4.51. The molecule has 2 heterocycles. The number of amides is 1. The first-order chi connectivity index (χ1) is 20.4. The van der Waals surface area contributed by atoms with Crippen LogP contribution >= 0.6 is 0 Å². The fraction of sp³-hybridized carbons (Fsp3) is 0.382. The van der Waals surface area contributed by atoms with Crippen LogP contribution in [0.2, 0.25) is 0 Å². The molecule has 0 spiro atoms. The van der Waals surface area contributed by atoms with Crippen LogP contribution in [0.25, 0.3) is 0 Å². The fourth-order valence-corrected chi connectivity index (χ4v) is 5.82. The van der Waals surface area contributed by atoms with Gasteiger partial charge in [0.25, 0.3) is 5.91 Å². The molecular weight excluding hydrogens is 530 g/mol. The van der Waals surface area contributed by atoms with Gasteiger partial charge in [-0.25, -0.2) is 0 Å². The number of aromatic nitrogens is 1. The van der Waals surface area contributed by atoms with Gasteiger partial charge in [0.15, 0.2) is 11.6 Å². The van der Waals surface area contributed by atoms with Gasteiger partial charge in [-0.3, -0.25) is 19.4 Å². The minimum absolute atomic E-state index is 0.0378. The summed E-state index contributed by atoms with van der Waals surface area (Å²) in [5.74, 6) is 1.61. The maximum atomic E-state index is 13.1. The maximum Gasteiger partial charge on any atom is 0.272 e. The molecule has 42 heavy (non-hydrogen) atoms. The van der Waals surface area contributed by atoms with Gasteiger partial charge in [0.1, 0.15) is 17.2 Å². The Balaban J connectivity index is 1.06. The lowest BCUT2D eigenvalue weighted by Crippen LogP contribution is -2.40. The minimum atomic E-state index is -0.176. The topological polar surface area (TPSA) is 110 Å². The first-order valence-electron chi connectivity index (χ1n) is 14.6. The number of pyridine rings is 1. The van der Waals surface area contributed by atoms with Crippen molar-refractivity contribution >= 4 is 17.5 Å². The Morgan fingerprint density at radius 1 is 0.857 bits per heavy atom. The Bertz CT molecular complexity index is 1430. The van der Waals surface area contributed by atoms with Gasteiger partial charge in [0.2, 0.25) is 0 Å². The van der Waals surface area contributed by atoms with Crippen molar-refractivity contribution in [2.75, 3.05) is 20.2 Å². The zero-order valence-corrected chi connectivity index (χ0v) is 23.8. The van der Waals surface area contributed by atoms with E-state index in [9.17, 15) is 14.4 Å². The number of ketones is 2. The Morgan fingerprint density at radius 3 is 2.10 bits per heavy atom. The summed E-state index contributed by atoms with van der Waals surface area (Å²) in [6.45, 7) is 0.983. The van der Waals surface area contributed by atoms with Crippen LogP contribution < -0.4 is 9.47 Å². The van der Waals surface area contributed by atoms with E-state index in [4.69, 9.17) is 14.7 Å². The Morgan fingerprint density at radius 2 is 1.50 bits per heavy atom. The quantitative estimate of drug-likeness (QED) is 0.297. The summed E-state index contributed by atoms with van der Waals surface area (Å²) in [7, 11) is 1.59. The molecule has 2 aliphatic rings. The standard InChI is InChI=1S/C34H35N3O5/c1-41-28-13-6-25(7-14-28)33(39)26-16-18-37(19-17-26)34(40)31-15-8-27(22-36-31)32(38)20-23-2-9-29(10-3-23)42-30-11-4-24(21-35)5-12-30/h4-8,11-15,22-23,26,29H,2-3,9-10,16-20H2,1H3. The second-order valence-electron chi connectivity index (χ2n) is 11.1. The number of piperidine rings is 1. The van der Waals surface area contributed by atoms with E-state index in [0.29, 0.717) is 66.4 Å². The number of methoxy groups -OCH3 is 1. The van der Waals surface area contributed by atoms with Gasteiger partial charge in [-0.1, -0.05) is 0 Å². The first-order valence-corrected chi connectivity index (χ1v) is 14.6. The van der Waals surface area contributed by atoms with E-state index in [2.05, 4.69) is 11.1 Å². The molecule has 1 saturated carbocycles. The van der Waals surface area contributed by atoms with E-state index in [-0.39, 0.29) is 29.5 Å². The highest BCUT2D eigenvalue weighted by molar-refractivity contribution is 5.99. The van der Waals surface area contributed by atoms with Gasteiger partial charge in [0, 0.05) is 42.8 Å². The second-order valence-corrected chi connectivity index (χ2v) is 11.1. The van der Waals surface area contributed by atoms with Crippen LogP contribution in [0.4, 0.5) is 0 Å². The SMILES string of the molecule is COc1ccc(C(=O)C2CCN(C(=O)c3ccc(C(=O)CC4CCC(Oc5ccc(C#N)cc5)CC4)cn3)CC2)cc1. The van der Waals surface area contributed by atoms with Crippen molar-refractivity contribution in [1.29, 1.82) is 5.26 Å². The lowest BCUT2D eigenvalue weighted by molar-refractivity contribution is 0.0645. The average molecular weight is 566 g/mol. The second kappa shape index (κ2) is 13.4. The van der Waals surface area contributed by atoms with E-state index in [1.165, 1.54) is 6.20 Å². The molecule has 8 nitrogen and oxygen atoms in total. The number of carbonyl (C=O) groups is 3. The van der Waals surface area contributed by atoms with Crippen molar-refractivity contribution in [3.8, 4) is 17.6 Å². The zero-order valence-electron chi connectivity index (χ0n) is 23.8. The lowest BCUT2D eigenvalue weighted by Gasteiger charge is -2.31. The summed E-state index contributed by atoms with van der Waals surface area (Å²) in [6, 6.07) is 19.7. The summed E-state index contributed by atoms with van der Waals surface area (Å²) in [5.41, 5.74) is 2.10. The van der Waals surface area contributed by atoms with Crippen LogP contribution in [-0.4, -0.2) is 53.7 Å². The minimum Gasteiger partial charge on any atom is -0.497 e. The Kier molecular flexibility index (Phi) is 9.28. The van der Waals surface area contributed by atoms with Crippen molar-refractivity contribution in [3.63, 3.8) is 0 Å². The molecule has 5 rings (SSSR count). The van der Waals surface area contributed by atoms with Crippen molar-refractivity contribution in [3.05, 3.63) is 89.2 Å². The molecule has 1 amide bonds. The van der Waals surface area contributed by atoms with Gasteiger partial charge in [-0.2, -0.15) is 5.26 Å². The van der Waals surface area contributed by atoms with Crippen molar-refractivity contribution in [2.24, 2.45) is 11.8 Å². The van der Waals surface area contributed by atoms with Crippen LogP contribution in [0.3, 0.4) is 0 Å². The third-order valence-corrected chi connectivity index (χ3v) is 8.39. The number of Topliss-reactive ketones (excluding diaryl/α,β-unsaturated/α-hetero) is 2. The van der Waals surface area contributed by atoms with Gasteiger partial charge in [-0.15, -0.1) is 0 Å². The molecule has 216 valence electrons. The average Bonchev–Trinajstić information content (AvgIpc) is 3.05. The maximum absolute atomic E-state index is 13.1. The van der Waals surface area contributed by atoms with E-state index in [1.807, 2.05) is 12.1 Å². The molecule has 0 bridgehead atoms. The van der Waals surface area contributed by atoms with E-state index < -0.39 is 0 Å². The lowest BCUT2D eigenvalue weighted by atomic mass is 9.83. The summed E-state index contributed by atoms with van der Waals surface area (Å²) in [5, 5.41) is 8.94. The van der Waals surface area contributed by atoms with Crippen molar-refractivity contribution in [1.82, 2.24) is 9.88 Å². The highest BCUT2D eigenvalue weighted by Gasteiger charge is 2.29. The Labute approximate surface area is 246 Å². The number of benzene rings is 2. The summed E-state index contributed by atoms with van der Waals surface area (Å²) >= 11 is 0. The molecule has 0 N–H and O–H groups in total. The zero-order chi connectivity index (χ0) is 29.5. The molecule has 2 fully saturated rings. The number of likely N-dealkylation sites (tertiary alicyclic amines) is 1. The van der Waals surface area contributed by atoms with Gasteiger partial charge in [-0.05, 0) is 105 Å². The van der Waals surface area contributed by atoms with Crippen LogP contribution in [-0.2, 0) is 0 Å². The summed E-state index contributed by atoms with van der Waals surface area (Å²) in [6.07, 6.45) is 6.87. The van der Waals surface area contributed by atoms with Crippen LogP contribution in [0, 0.1) is 23.2 Å². The predicted octanol–water partition coefficient (Wildman–Crippen LogP) is 5.91. The highest BCUT2D eigenvalue weighted by Crippen LogP contribution is 2.31. The molecule has 1 aromatic heterocycles. The van der Waals surface area contributed by atoms with E-state index >= 15 is 0 Å². The third-order valence-electron chi connectivity index (χ3n) is 8.39. The molecule has 1 saturated heterocycles. The number of ether oxygens (including phenoxy) is 2. The van der Waals surface area contributed by atoms with Crippen molar-refractivity contribution in [2.45, 2.75) is 51.0 Å². The number of nitrogens with zero attached hydrogens (tertiary/aromatic N) is 3. The molecular formula is C34H35N3O5. The van der Waals surface area contributed by atoms with Crippen LogP contribution in [0.15, 0.2) is 66.9 Å². The normalized spacial score (nSPS) is 19.0. The van der Waals surface area contributed by atoms with E-state index in [0.717, 1.165) is 31.4 Å².